The summed E-state index contributed by atoms with van der Waals surface area (Å²) in [6.07, 6.45) is 7.26. The molecule has 0 amide bonds. The Bertz CT molecular complexity index is 373. The number of rotatable bonds is 7. The molecule has 1 fully saturated rings. The van der Waals surface area contributed by atoms with Crippen LogP contribution in [0.1, 0.15) is 32.6 Å². The maximum Gasteiger partial charge on any atom is 0.323 e. The van der Waals surface area contributed by atoms with Crippen molar-refractivity contribution in [3.63, 3.8) is 0 Å². The summed E-state index contributed by atoms with van der Waals surface area (Å²) in [7, 11) is 0. The zero-order chi connectivity index (χ0) is 12.3. The quantitative estimate of drug-likeness (QED) is 0.749. The van der Waals surface area contributed by atoms with Crippen molar-refractivity contribution in [1.29, 1.82) is 0 Å². The second kappa shape index (κ2) is 4.87. The molecule has 0 spiro atoms. The number of aryl methyl sites for hydroxylation is 1. The third kappa shape index (κ3) is 3.30. The highest BCUT2D eigenvalue weighted by Crippen LogP contribution is 2.25. The lowest BCUT2D eigenvalue weighted by Gasteiger charge is -2.26. The standard InChI is InChI=1S/C12H19N3O2/c1-12(11(16)17,14-10-4-5-10)6-2-8-15-9-3-7-13-15/h3,7,9-10,14H,2,4-6,8H2,1H3,(H,16,17). The molecule has 1 aromatic rings. The molecule has 0 aromatic carbocycles. The third-order valence-corrected chi connectivity index (χ3v) is 3.20. The third-order valence-electron chi connectivity index (χ3n) is 3.20. The Labute approximate surface area is 101 Å². The summed E-state index contributed by atoms with van der Waals surface area (Å²) >= 11 is 0. The van der Waals surface area contributed by atoms with E-state index in [1.165, 1.54) is 0 Å². The van der Waals surface area contributed by atoms with Crippen LogP contribution in [0.4, 0.5) is 0 Å². The van der Waals surface area contributed by atoms with E-state index < -0.39 is 11.5 Å². The van der Waals surface area contributed by atoms with Crippen molar-refractivity contribution in [3.05, 3.63) is 18.5 Å². The maximum absolute atomic E-state index is 11.3. The monoisotopic (exact) mass is 237 g/mol. The van der Waals surface area contributed by atoms with Gasteiger partial charge in [0.15, 0.2) is 0 Å². The van der Waals surface area contributed by atoms with Crippen molar-refractivity contribution in [2.45, 2.75) is 50.7 Å². The zero-order valence-corrected chi connectivity index (χ0v) is 10.1. The minimum atomic E-state index is -0.797. The molecule has 5 nitrogen and oxygen atoms in total. The molecule has 0 saturated heterocycles. The minimum Gasteiger partial charge on any atom is -0.480 e. The van der Waals surface area contributed by atoms with Crippen LogP contribution >= 0.6 is 0 Å². The second-order valence-corrected chi connectivity index (χ2v) is 4.93. The van der Waals surface area contributed by atoms with E-state index in [2.05, 4.69) is 10.4 Å². The van der Waals surface area contributed by atoms with Crippen molar-refractivity contribution in [2.75, 3.05) is 0 Å². The lowest BCUT2D eigenvalue weighted by Crippen LogP contribution is -2.50. The number of nitrogens with one attached hydrogen (secondary N) is 1. The average molecular weight is 237 g/mol. The summed E-state index contributed by atoms with van der Waals surface area (Å²) in [4.78, 5) is 11.3. The van der Waals surface area contributed by atoms with E-state index in [1.54, 1.807) is 13.1 Å². The molecule has 1 saturated carbocycles. The number of carboxylic acids is 1. The van der Waals surface area contributed by atoms with Crippen molar-refractivity contribution < 1.29 is 9.90 Å². The number of carbonyl (C=O) groups is 1. The Balaban J connectivity index is 1.82. The van der Waals surface area contributed by atoms with Gasteiger partial charge < -0.3 is 5.11 Å². The molecule has 1 aromatic heterocycles. The minimum absolute atomic E-state index is 0.404. The van der Waals surface area contributed by atoms with Gasteiger partial charge in [0.1, 0.15) is 5.54 Å². The van der Waals surface area contributed by atoms with Gasteiger partial charge in [-0.2, -0.15) is 5.10 Å². The molecule has 1 aliphatic rings. The van der Waals surface area contributed by atoms with E-state index in [1.807, 2.05) is 16.9 Å². The lowest BCUT2D eigenvalue weighted by molar-refractivity contribution is -0.144. The summed E-state index contributed by atoms with van der Waals surface area (Å²) in [5.41, 5.74) is -0.797. The summed E-state index contributed by atoms with van der Waals surface area (Å²) in [6.45, 7) is 2.54. The molecular formula is C12H19N3O2. The highest BCUT2D eigenvalue weighted by atomic mass is 16.4. The van der Waals surface area contributed by atoms with Gasteiger partial charge in [0.25, 0.3) is 0 Å². The van der Waals surface area contributed by atoms with E-state index in [-0.39, 0.29) is 0 Å². The van der Waals surface area contributed by atoms with Gasteiger partial charge in [-0.1, -0.05) is 0 Å². The second-order valence-electron chi connectivity index (χ2n) is 4.93. The smallest absolute Gasteiger partial charge is 0.323 e. The highest BCUT2D eigenvalue weighted by molar-refractivity contribution is 5.78. The molecule has 17 heavy (non-hydrogen) atoms. The molecule has 1 aliphatic carbocycles. The van der Waals surface area contributed by atoms with Gasteiger partial charge >= 0.3 is 5.97 Å². The molecule has 94 valence electrons. The lowest BCUT2D eigenvalue weighted by atomic mass is 9.95. The normalized spacial score (nSPS) is 18.9. The predicted molar refractivity (Wildman–Crippen MR) is 63.7 cm³/mol. The Morgan fingerprint density at radius 2 is 2.41 bits per heavy atom. The Morgan fingerprint density at radius 1 is 1.65 bits per heavy atom. The first-order valence-electron chi connectivity index (χ1n) is 6.09. The van der Waals surface area contributed by atoms with E-state index in [0.717, 1.165) is 25.8 Å². The first kappa shape index (κ1) is 12.1. The molecule has 0 bridgehead atoms. The first-order chi connectivity index (χ1) is 8.10. The Kier molecular flexibility index (Phi) is 3.47. The molecule has 2 N–H and O–H groups in total. The number of aromatic nitrogens is 2. The van der Waals surface area contributed by atoms with Crippen molar-refractivity contribution in [3.8, 4) is 0 Å². The van der Waals surface area contributed by atoms with Crippen LogP contribution in [0, 0.1) is 0 Å². The number of carboxylic acid groups (broad SMARTS) is 1. The van der Waals surface area contributed by atoms with Crippen LogP contribution in [0.5, 0.6) is 0 Å². The highest BCUT2D eigenvalue weighted by Gasteiger charge is 2.37. The van der Waals surface area contributed by atoms with Crippen molar-refractivity contribution in [1.82, 2.24) is 15.1 Å². The molecule has 2 rings (SSSR count). The molecule has 0 radical (unpaired) electrons. The van der Waals surface area contributed by atoms with Gasteiger partial charge in [0.05, 0.1) is 0 Å². The van der Waals surface area contributed by atoms with E-state index >= 15 is 0 Å². The van der Waals surface area contributed by atoms with Crippen LogP contribution in [0.15, 0.2) is 18.5 Å². The summed E-state index contributed by atoms with van der Waals surface area (Å²) in [5.74, 6) is -0.759. The molecule has 5 heteroatoms. The fourth-order valence-electron chi connectivity index (χ4n) is 1.95. The van der Waals surface area contributed by atoms with Crippen LogP contribution in [0.25, 0.3) is 0 Å². The average Bonchev–Trinajstić information content (AvgIpc) is 2.93. The SMILES string of the molecule is CC(CCCn1cccn1)(NC1CC1)C(=O)O. The van der Waals surface area contributed by atoms with Crippen LogP contribution in [0.2, 0.25) is 0 Å². The van der Waals surface area contributed by atoms with E-state index in [9.17, 15) is 9.90 Å². The van der Waals surface area contributed by atoms with Gasteiger partial charge in [-0.25, -0.2) is 0 Å². The molecule has 0 aliphatic heterocycles. The Morgan fingerprint density at radius 3 is 2.94 bits per heavy atom. The fourth-order valence-corrected chi connectivity index (χ4v) is 1.95. The number of hydrogen-bond acceptors (Lipinski definition) is 3. The van der Waals surface area contributed by atoms with E-state index in [4.69, 9.17) is 0 Å². The molecule has 1 heterocycles. The molecular weight excluding hydrogens is 218 g/mol. The molecule has 1 atom stereocenters. The summed E-state index contributed by atoms with van der Waals surface area (Å²) < 4.78 is 1.83. The van der Waals surface area contributed by atoms with Crippen LogP contribution in [0.3, 0.4) is 0 Å². The van der Waals surface area contributed by atoms with Gasteiger partial charge in [-0.15, -0.1) is 0 Å². The van der Waals surface area contributed by atoms with Gasteiger partial charge in [0, 0.05) is 25.0 Å². The summed E-state index contributed by atoms with van der Waals surface area (Å²) in [5, 5.41) is 16.6. The first-order valence-corrected chi connectivity index (χ1v) is 6.09. The van der Waals surface area contributed by atoms with Crippen LogP contribution in [-0.2, 0) is 11.3 Å². The number of hydrogen-bond donors (Lipinski definition) is 2. The topological polar surface area (TPSA) is 67.2 Å². The number of nitrogens with zero attached hydrogens (tertiary/aromatic N) is 2. The van der Waals surface area contributed by atoms with Gasteiger partial charge in [-0.05, 0) is 38.7 Å². The fraction of sp³-hybridized carbons (Fsp3) is 0.667. The van der Waals surface area contributed by atoms with Crippen molar-refractivity contribution >= 4 is 5.97 Å². The molecule has 1 unspecified atom stereocenters. The number of aliphatic carboxylic acids is 1. The predicted octanol–water partition coefficient (Wildman–Crippen LogP) is 1.26. The van der Waals surface area contributed by atoms with Gasteiger partial charge in [-0.3, -0.25) is 14.8 Å². The van der Waals surface area contributed by atoms with E-state index in [0.29, 0.717) is 12.5 Å². The van der Waals surface area contributed by atoms with Crippen molar-refractivity contribution in [2.24, 2.45) is 0 Å². The Hall–Kier alpha value is -1.36. The largest absolute Gasteiger partial charge is 0.480 e. The maximum atomic E-state index is 11.3. The zero-order valence-electron chi connectivity index (χ0n) is 10.1. The summed E-state index contributed by atoms with van der Waals surface area (Å²) in [6, 6.07) is 2.28. The van der Waals surface area contributed by atoms with Gasteiger partial charge in [0.2, 0.25) is 0 Å². The van der Waals surface area contributed by atoms with Crippen LogP contribution < -0.4 is 5.32 Å². The van der Waals surface area contributed by atoms with Crippen LogP contribution in [-0.4, -0.2) is 32.4 Å².